The van der Waals surface area contributed by atoms with Crippen molar-refractivity contribution in [2.24, 2.45) is 11.7 Å². The summed E-state index contributed by atoms with van der Waals surface area (Å²) in [6, 6.07) is 6.39. The topological polar surface area (TPSA) is 81.4 Å². The first-order chi connectivity index (χ1) is 8.95. The van der Waals surface area contributed by atoms with Crippen molar-refractivity contribution in [3.8, 4) is 5.75 Å². The second-order valence-corrected chi connectivity index (χ2v) is 6.47. The lowest BCUT2D eigenvalue weighted by Gasteiger charge is -2.10. The Morgan fingerprint density at radius 2 is 1.89 bits per heavy atom. The third-order valence-electron chi connectivity index (χ3n) is 2.43. The monoisotopic (exact) mass is 286 g/mol. The summed E-state index contributed by atoms with van der Waals surface area (Å²) in [5.41, 5.74) is 5.36. The predicted molar refractivity (Wildman–Crippen MR) is 75.6 cm³/mol. The van der Waals surface area contributed by atoms with Gasteiger partial charge in [0.05, 0.1) is 11.5 Å². The molecule has 0 saturated carbocycles. The molecule has 1 aromatic rings. The van der Waals surface area contributed by atoms with Crippen molar-refractivity contribution in [3.63, 3.8) is 0 Å². The van der Waals surface area contributed by atoms with Crippen LogP contribution in [0.3, 0.4) is 0 Å². The number of benzene rings is 1. The molecule has 0 atom stereocenters. The lowest BCUT2D eigenvalue weighted by atomic mass is 10.2. The standard InChI is InChI=1S/C13H22N2O3S/c1-11(2)10-15-19(16,17)13-6-4-12(5-7-13)18-9-3-8-14/h4-7,11,15H,3,8-10,14H2,1-2H3. The number of sulfonamides is 1. The molecular formula is C13H22N2O3S. The van der Waals surface area contributed by atoms with Gasteiger partial charge in [0.15, 0.2) is 0 Å². The highest BCUT2D eigenvalue weighted by molar-refractivity contribution is 7.89. The van der Waals surface area contributed by atoms with E-state index in [1.54, 1.807) is 24.3 Å². The fourth-order valence-electron chi connectivity index (χ4n) is 1.35. The molecular weight excluding hydrogens is 264 g/mol. The van der Waals surface area contributed by atoms with Gasteiger partial charge in [-0.05, 0) is 43.1 Å². The van der Waals surface area contributed by atoms with E-state index in [9.17, 15) is 8.42 Å². The highest BCUT2D eigenvalue weighted by Crippen LogP contribution is 2.16. The highest BCUT2D eigenvalue weighted by atomic mass is 32.2. The lowest BCUT2D eigenvalue weighted by Crippen LogP contribution is -2.27. The van der Waals surface area contributed by atoms with Crippen LogP contribution in [0.15, 0.2) is 29.2 Å². The fraction of sp³-hybridized carbons (Fsp3) is 0.538. The molecule has 0 bridgehead atoms. The van der Waals surface area contributed by atoms with E-state index in [1.807, 2.05) is 13.8 Å². The summed E-state index contributed by atoms with van der Waals surface area (Å²) >= 11 is 0. The highest BCUT2D eigenvalue weighted by Gasteiger charge is 2.13. The second-order valence-electron chi connectivity index (χ2n) is 4.71. The first-order valence-electron chi connectivity index (χ1n) is 6.38. The minimum atomic E-state index is -3.42. The van der Waals surface area contributed by atoms with E-state index in [-0.39, 0.29) is 10.8 Å². The number of rotatable bonds is 8. The molecule has 108 valence electrons. The van der Waals surface area contributed by atoms with Gasteiger partial charge in [-0.3, -0.25) is 0 Å². The SMILES string of the molecule is CC(C)CNS(=O)(=O)c1ccc(OCCCN)cc1. The van der Waals surface area contributed by atoms with Gasteiger partial charge in [-0.1, -0.05) is 13.8 Å². The Labute approximate surface area is 115 Å². The van der Waals surface area contributed by atoms with Gasteiger partial charge in [0, 0.05) is 6.54 Å². The van der Waals surface area contributed by atoms with Gasteiger partial charge >= 0.3 is 0 Å². The normalized spacial score (nSPS) is 11.8. The maximum atomic E-state index is 11.9. The van der Waals surface area contributed by atoms with Crippen molar-refractivity contribution in [1.29, 1.82) is 0 Å². The van der Waals surface area contributed by atoms with E-state index in [0.717, 1.165) is 6.42 Å². The third kappa shape index (κ3) is 5.59. The Morgan fingerprint density at radius 3 is 2.42 bits per heavy atom. The van der Waals surface area contributed by atoms with E-state index in [4.69, 9.17) is 10.5 Å². The maximum absolute atomic E-state index is 11.9. The Balaban J connectivity index is 2.64. The minimum absolute atomic E-state index is 0.249. The molecule has 5 nitrogen and oxygen atoms in total. The van der Waals surface area contributed by atoms with Crippen molar-refractivity contribution in [1.82, 2.24) is 4.72 Å². The molecule has 0 aliphatic heterocycles. The van der Waals surface area contributed by atoms with Gasteiger partial charge in [0.1, 0.15) is 5.75 Å². The molecule has 1 rings (SSSR count). The average Bonchev–Trinajstić information content (AvgIpc) is 2.37. The lowest BCUT2D eigenvalue weighted by molar-refractivity contribution is 0.313. The number of ether oxygens (including phenoxy) is 1. The number of nitrogens with two attached hydrogens (primary N) is 1. The Hall–Kier alpha value is -1.11. The Kier molecular flexibility index (Phi) is 6.27. The molecule has 0 saturated heterocycles. The smallest absolute Gasteiger partial charge is 0.240 e. The van der Waals surface area contributed by atoms with E-state index in [0.29, 0.717) is 25.4 Å². The van der Waals surface area contributed by atoms with Crippen LogP contribution in [0.25, 0.3) is 0 Å². The molecule has 0 unspecified atom stereocenters. The van der Waals surface area contributed by atoms with Crippen molar-refractivity contribution in [2.45, 2.75) is 25.2 Å². The van der Waals surface area contributed by atoms with Crippen LogP contribution < -0.4 is 15.2 Å². The molecule has 0 heterocycles. The summed E-state index contributed by atoms with van der Waals surface area (Å²) in [5, 5.41) is 0. The van der Waals surface area contributed by atoms with Crippen molar-refractivity contribution < 1.29 is 13.2 Å². The van der Waals surface area contributed by atoms with Crippen molar-refractivity contribution in [2.75, 3.05) is 19.7 Å². The van der Waals surface area contributed by atoms with Crippen LogP contribution in [0.1, 0.15) is 20.3 Å². The zero-order valence-electron chi connectivity index (χ0n) is 11.4. The molecule has 0 aromatic heterocycles. The molecule has 0 amide bonds. The Morgan fingerprint density at radius 1 is 1.26 bits per heavy atom. The largest absolute Gasteiger partial charge is 0.494 e. The van der Waals surface area contributed by atoms with Crippen LogP contribution in [-0.4, -0.2) is 28.1 Å². The van der Waals surface area contributed by atoms with Crippen molar-refractivity contribution >= 4 is 10.0 Å². The van der Waals surface area contributed by atoms with Gasteiger partial charge in [-0.2, -0.15) is 0 Å². The zero-order valence-corrected chi connectivity index (χ0v) is 12.2. The summed E-state index contributed by atoms with van der Waals surface area (Å²) in [4.78, 5) is 0.249. The fourth-order valence-corrected chi connectivity index (χ4v) is 2.56. The summed E-state index contributed by atoms with van der Waals surface area (Å²) in [5.74, 6) is 0.921. The Bertz CT molecular complexity index is 469. The maximum Gasteiger partial charge on any atom is 0.240 e. The predicted octanol–water partition coefficient (Wildman–Crippen LogP) is 1.35. The molecule has 3 N–H and O–H groups in total. The van der Waals surface area contributed by atoms with E-state index < -0.39 is 10.0 Å². The van der Waals surface area contributed by atoms with Crippen LogP contribution in [0.4, 0.5) is 0 Å². The average molecular weight is 286 g/mol. The summed E-state index contributed by atoms with van der Waals surface area (Å²) in [6.45, 7) is 5.45. The second kappa shape index (κ2) is 7.47. The van der Waals surface area contributed by atoms with E-state index >= 15 is 0 Å². The quantitative estimate of drug-likeness (QED) is 0.707. The van der Waals surface area contributed by atoms with Crippen LogP contribution in [0, 0.1) is 5.92 Å². The molecule has 0 aliphatic carbocycles. The molecule has 6 heteroatoms. The van der Waals surface area contributed by atoms with E-state index in [2.05, 4.69) is 4.72 Å². The summed E-state index contributed by atoms with van der Waals surface area (Å²) < 4.78 is 31.9. The van der Waals surface area contributed by atoms with Gasteiger partial charge < -0.3 is 10.5 Å². The molecule has 0 radical (unpaired) electrons. The van der Waals surface area contributed by atoms with Crippen LogP contribution >= 0.6 is 0 Å². The molecule has 1 aromatic carbocycles. The molecule has 19 heavy (non-hydrogen) atoms. The summed E-state index contributed by atoms with van der Waals surface area (Å²) in [7, 11) is -3.42. The van der Waals surface area contributed by atoms with Crippen LogP contribution in [0.5, 0.6) is 5.75 Å². The number of hydrogen-bond donors (Lipinski definition) is 2. The van der Waals surface area contributed by atoms with Crippen LogP contribution in [0.2, 0.25) is 0 Å². The first kappa shape index (κ1) is 15.9. The molecule has 0 aliphatic rings. The van der Waals surface area contributed by atoms with Crippen LogP contribution in [-0.2, 0) is 10.0 Å². The first-order valence-corrected chi connectivity index (χ1v) is 7.86. The minimum Gasteiger partial charge on any atom is -0.494 e. The van der Waals surface area contributed by atoms with Crippen molar-refractivity contribution in [3.05, 3.63) is 24.3 Å². The summed E-state index contributed by atoms with van der Waals surface area (Å²) in [6.07, 6.45) is 0.774. The number of nitrogens with one attached hydrogen (secondary N) is 1. The third-order valence-corrected chi connectivity index (χ3v) is 3.87. The van der Waals surface area contributed by atoms with Gasteiger partial charge in [-0.25, -0.2) is 13.1 Å². The zero-order chi connectivity index (χ0) is 14.3. The van der Waals surface area contributed by atoms with Gasteiger partial charge in [0.2, 0.25) is 10.0 Å². The number of hydrogen-bond acceptors (Lipinski definition) is 4. The molecule has 0 fully saturated rings. The van der Waals surface area contributed by atoms with Gasteiger partial charge in [0.25, 0.3) is 0 Å². The van der Waals surface area contributed by atoms with Gasteiger partial charge in [-0.15, -0.1) is 0 Å². The van der Waals surface area contributed by atoms with E-state index in [1.165, 1.54) is 0 Å². The molecule has 0 spiro atoms.